The average Bonchev–Trinajstić information content (AvgIpc) is 3.66. The molecule has 0 atom stereocenters. The first-order chi connectivity index (χ1) is 19.1. The van der Waals surface area contributed by atoms with Gasteiger partial charge in [0.05, 0.1) is 28.6 Å². The highest BCUT2D eigenvalue weighted by atomic mass is 32.1. The Balaban J connectivity index is 0.000000411. The monoisotopic (exact) mass is 570 g/mol. The molecule has 4 N–H and O–H groups in total. The highest BCUT2D eigenvalue weighted by Gasteiger charge is 2.38. The highest BCUT2D eigenvalue weighted by Crippen LogP contribution is 2.43. The average molecular weight is 571 g/mol. The number of alkyl halides is 3. The van der Waals surface area contributed by atoms with Crippen molar-refractivity contribution in [2.75, 3.05) is 5.73 Å². The van der Waals surface area contributed by atoms with Gasteiger partial charge in [-0.2, -0.15) is 23.5 Å². The summed E-state index contributed by atoms with van der Waals surface area (Å²) in [5.74, 6) is -1.88. The summed E-state index contributed by atoms with van der Waals surface area (Å²) >= 11 is 1.39. The van der Waals surface area contributed by atoms with E-state index in [2.05, 4.69) is 21.1 Å². The van der Waals surface area contributed by atoms with Crippen molar-refractivity contribution >= 4 is 44.2 Å². The molecule has 0 unspecified atom stereocenters. The van der Waals surface area contributed by atoms with Crippen LogP contribution in [0, 0.1) is 11.3 Å². The van der Waals surface area contributed by atoms with E-state index < -0.39 is 12.1 Å². The molecule has 1 aliphatic rings. The van der Waals surface area contributed by atoms with Gasteiger partial charge >= 0.3 is 12.1 Å². The second-order valence-corrected chi connectivity index (χ2v) is 10.2. The van der Waals surface area contributed by atoms with Crippen LogP contribution in [0.25, 0.3) is 43.5 Å². The molecule has 5 aromatic rings. The lowest BCUT2D eigenvalue weighted by Crippen LogP contribution is -2.21. The number of carboxylic acid groups (broad SMARTS) is 1. The number of nitrogen functional groups attached to an aromatic ring is 1. The van der Waals surface area contributed by atoms with Crippen LogP contribution in [-0.4, -0.2) is 48.2 Å². The van der Waals surface area contributed by atoms with Crippen molar-refractivity contribution in [1.29, 1.82) is 5.26 Å². The number of nitriles is 1. The molecule has 0 amide bonds. The van der Waals surface area contributed by atoms with Crippen molar-refractivity contribution in [1.82, 2.24) is 19.7 Å². The molecule has 10 nitrogen and oxygen atoms in total. The minimum absolute atomic E-state index is 0.205. The fraction of sp³-hybridized carbons (Fsp3) is 0.269. The molecule has 0 aliphatic heterocycles. The number of hydrogen-bond acceptors (Lipinski definition) is 9. The number of rotatable bonds is 3. The summed E-state index contributed by atoms with van der Waals surface area (Å²) in [5.41, 5.74) is 9.20. The quantitative estimate of drug-likeness (QED) is 0.253. The Kier molecular flexibility index (Phi) is 7.17. The number of carboxylic acids is 1. The summed E-state index contributed by atoms with van der Waals surface area (Å²) in [4.78, 5) is 18.0. The second-order valence-electron chi connectivity index (χ2n) is 9.17. The Morgan fingerprint density at radius 1 is 1.20 bits per heavy atom. The predicted molar refractivity (Wildman–Crippen MR) is 140 cm³/mol. The van der Waals surface area contributed by atoms with E-state index in [1.807, 2.05) is 29.2 Å². The van der Waals surface area contributed by atoms with E-state index >= 15 is 0 Å². The molecular weight excluding hydrogens is 549 g/mol. The van der Waals surface area contributed by atoms with Gasteiger partial charge in [-0.25, -0.2) is 9.78 Å². The number of furan rings is 1. The zero-order chi connectivity index (χ0) is 28.6. The van der Waals surface area contributed by atoms with E-state index in [1.54, 1.807) is 18.6 Å². The molecule has 14 heteroatoms. The summed E-state index contributed by atoms with van der Waals surface area (Å²) in [6.45, 7) is 0. The van der Waals surface area contributed by atoms with Gasteiger partial charge in [-0.15, -0.1) is 11.3 Å². The van der Waals surface area contributed by atoms with Crippen molar-refractivity contribution in [3.8, 4) is 28.5 Å². The normalized spacial score (nSPS) is 17.4. The van der Waals surface area contributed by atoms with Crippen molar-refractivity contribution < 1.29 is 32.6 Å². The van der Waals surface area contributed by atoms with Crippen LogP contribution in [0.5, 0.6) is 0 Å². The van der Waals surface area contributed by atoms with Crippen LogP contribution >= 0.6 is 11.3 Å². The summed E-state index contributed by atoms with van der Waals surface area (Å²) < 4.78 is 40.8. The molecule has 0 saturated heterocycles. The number of fused-ring (bicyclic) bond motifs is 2. The minimum Gasteiger partial charge on any atom is -0.475 e. The molecule has 6 rings (SSSR count). The fourth-order valence-corrected chi connectivity index (χ4v) is 5.64. The maximum absolute atomic E-state index is 10.6. The standard InChI is InChI=1S/C24H20N6O2S.C2HF3O2/c25-8-20-22(16-5-6-27-11-21(16)33-20)19-7-17-18(10-28-24(26)23(17)32-19)13-9-29-30(12-13)14-1-3-15(31)4-2-14;3-2(4,5)1(6)7/h5-7,9-12,14-15,31H,1-4H2,(H2,26,28);(H,6,7)/t14-,15-;. The Morgan fingerprint density at radius 3 is 2.60 bits per heavy atom. The third-order valence-corrected chi connectivity index (χ3v) is 7.67. The smallest absolute Gasteiger partial charge is 0.475 e. The van der Waals surface area contributed by atoms with Gasteiger partial charge in [0, 0.05) is 46.7 Å². The number of aliphatic carboxylic acids is 1. The molecule has 0 bridgehead atoms. The SMILES string of the molecule is N#Cc1sc2cnccc2c1-c1cc2c(-c3cnn([C@H]4CC[C@H](O)CC4)c3)cnc(N)c2o1.O=C(O)C(F)(F)F. The van der Waals surface area contributed by atoms with E-state index in [0.29, 0.717) is 22.0 Å². The number of aliphatic hydroxyl groups excluding tert-OH is 1. The highest BCUT2D eigenvalue weighted by molar-refractivity contribution is 7.20. The Bertz CT molecular complexity index is 1740. The molecule has 0 aromatic carbocycles. The van der Waals surface area contributed by atoms with Gasteiger partial charge in [-0.3, -0.25) is 9.67 Å². The van der Waals surface area contributed by atoms with Crippen LogP contribution < -0.4 is 5.73 Å². The second kappa shape index (κ2) is 10.6. The van der Waals surface area contributed by atoms with E-state index in [-0.39, 0.29) is 12.1 Å². The first kappa shape index (κ1) is 27.1. The summed E-state index contributed by atoms with van der Waals surface area (Å²) in [6.07, 6.45) is 7.18. The largest absolute Gasteiger partial charge is 0.490 e. The number of nitrogens with zero attached hydrogens (tertiary/aromatic N) is 5. The van der Waals surface area contributed by atoms with Gasteiger partial charge in [0.25, 0.3) is 0 Å². The van der Waals surface area contributed by atoms with Crippen LogP contribution in [0.2, 0.25) is 0 Å². The van der Waals surface area contributed by atoms with Crippen molar-refractivity contribution in [3.05, 3.63) is 48.0 Å². The number of nitrogens with two attached hydrogens (primary N) is 1. The number of anilines is 1. The van der Waals surface area contributed by atoms with Gasteiger partial charge in [0.1, 0.15) is 16.7 Å². The Labute approximate surface area is 228 Å². The van der Waals surface area contributed by atoms with Crippen LogP contribution in [0.15, 0.2) is 47.5 Å². The summed E-state index contributed by atoms with van der Waals surface area (Å²) in [5, 5.41) is 33.0. The van der Waals surface area contributed by atoms with Gasteiger partial charge in [-0.05, 0) is 37.8 Å². The lowest BCUT2D eigenvalue weighted by atomic mass is 9.93. The number of aromatic nitrogens is 4. The van der Waals surface area contributed by atoms with Crippen molar-refractivity contribution in [3.63, 3.8) is 0 Å². The minimum atomic E-state index is -5.08. The molecule has 1 aliphatic carbocycles. The number of thiophene rings is 1. The van der Waals surface area contributed by atoms with E-state index in [0.717, 1.165) is 57.8 Å². The zero-order valence-corrected chi connectivity index (χ0v) is 21.4. The molecule has 0 radical (unpaired) electrons. The molecule has 1 fully saturated rings. The van der Waals surface area contributed by atoms with E-state index in [1.165, 1.54) is 11.3 Å². The Morgan fingerprint density at radius 2 is 1.93 bits per heavy atom. The Hall–Kier alpha value is -4.48. The van der Waals surface area contributed by atoms with Crippen LogP contribution in [0.4, 0.5) is 19.0 Å². The topological polar surface area (TPSA) is 164 Å². The zero-order valence-electron chi connectivity index (χ0n) is 20.6. The molecule has 5 heterocycles. The first-order valence-electron chi connectivity index (χ1n) is 12.0. The number of carbonyl (C=O) groups is 1. The van der Waals surface area contributed by atoms with E-state index in [4.69, 9.17) is 20.1 Å². The third-order valence-electron chi connectivity index (χ3n) is 6.62. The molecule has 0 spiro atoms. The number of aliphatic hydroxyl groups is 1. The van der Waals surface area contributed by atoms with Gasteiger partial charge in [0.15, 0.2) is 11.4 Å². The molecule has 5 aromatic heterocycles. The molecule has 206 valence electrons. The lowest BCUT2D eigenvalue weighted by Gasteiger charge is -2.25. The number of halogens is 3. The fourth-order valence-electron chi connectivity index (χ4n) is 4.67. The molecule has 1 saturated carbocycles. The van der Waals surface area contributed by atoms with E-state index in [9.17, 15) is 23.5 Å². The van der Waals surface area contributed by atoms with Crippen LogP contribution in [-0.2, 0) is 4.79 Å². The van der Waals surface area contributed by atoms with Crippen molar-refractivity contribution in [2.24, 2.45) is 0 Å². The summed E-state index contributed by atoms with van der Waals surface area (Å²) in [7, 11) is 0. The lowest BCUT2D eigenvalue weighted by molar-refractivity contribution is -0.192. The van der Waals surface area contributed by atoms with Gasteiger partial charge < -0.3 is 20.4 Å². The molecule has 40 heavy (non-hydrogen) atoms. The van der Waals surface area contributed by atoms with Crippen LogP contribution in [0.1, 0.15) is 36.6 Å². The first-order valence-corrected chi connectivity index (χ1v) is 12.9. The predicted octanol–water partition coefficient (Wildman–Crippen LogP) is 5.53. The van der Waals surface area contributed by atoms with Gasteiger partial charge in [0.2, 0.25) is 0 Å². The maximum Gasteiger partial charge on any atom is 0.490 e. The third kappa shape index (κ3) is 5.21. The van der Waals surface area contributed by atoms with Crippen LogP contribution in [0.3, 0.4) is 0 Å². The number of hydrogen-bond donors (Lipinski definition) is 3. The molecular formula is C26H21F3N6O4S. The van der Waals surface area contributed by atoms with Gasteiger partial charge in [-0.1, -0.05) is 0 Å². The maximum atomic E-state index is 10.6. The summed E-state index contributed by atoms with van der Waals surface area (Å²) in [6, 6.07) is 6.39. The van der Waals surface area contributed by atoms with Crippen molar-refractivity contribution in [2.45, 2.75) is 44.0 Å². The number of pyridine rings is 2.